The summed E-state index contributed by atoms with van der Waals surface area (Å²) in [5, 5.41) is 0. The zero-order chi connectivity index (χ0) is 17.4. The number of hydrogen-bond acceptors (Lipinski definition) is 2. The van der Waals surface area contributed by atoms with Crippen molar-refractivity contribution in [3.8, 4) is 0 Å². The lowest BCUT2D eigenvalue weighted by Crippen LogP contribution is -2.21. The molecule has 0 saturated heterocycles. The van der Waals surface area contributed by atoms with Gasteiger partial charge in [0, 0.05) is 5.92 Å². The first-order valence-corrected chi connectivity index (χ1v) is 8.86. The van der Waals surface area contributed by atoms with E-state index in [1.165, 1.54) is 11.1 Å². The normalized spacial score (nSPS) is 14.3. The van der Waals surface area contributed by atoms with Crippen LogP contribution in [0, 0.1) is 0 Å². The molecule has 0 heterocycles. The van der Waals surface area contributed by atoms with E-state index in [2.05, 4.69) is 67.6 Å². The van der Waals surface area contributed by atoms with Crippen molar-refractivity contribution in [1.82, 2.24) is 0 Å². The van der Waals surface area contributed by atoms with Crippen LogP contribution in [0.4, 0.5) is 0 Å². The number of benzene rings is 2. The van der Waals surface area contributed by atoms with Crippen LogP contribution in [0.2, 0.25) is 0 Å². The molecular weight excluding hydrogens is 296 g/mol. The van der Waals surface area contributed by atoms with Crippen LogP contribution in [0.1, 0.15) is 63.5 Å². The van der Waals surface area contributed by atoms with Crippen molar-refractivity contribution in [3.05, 3.63) is 71.8 Å². The van der Waals surface area contributed by atoms with E-state index in [1.54, 1.807) is 0 Å². The topological polar surface area (TPSA) is 18.5 Å². The molecule has 0 fully saturated rings. The highest BCUT2D eigenvalue weighted by Crippen LogP contribution is 2.28. The Morgan fingerprint density at radius 1 is 0.792 bits per heavy atom. The van der Waals surface area contributed by atoms with E-state index in [1.807, 2.05) is 20.8 Å². The molecule has 0 aliphatic carbocycles. The van der Waals surface area contributed by atoms with Gasteiger partial charge in [0.25, 0.3) is 0 Å². The molecule has 0 aromatic heterocycles. The van der Waals surface area contributed by atoms with Gasteiger partial charge < -0.3 is 0 Å². The maximum atomic E-state index is 5.55. The summed E-state index contributed by atoms with van der Waals surface area (Å²) in [5.41, 5.74) is 2.44. The highest BCUT2D eigenvalue weighted by atomic mass is 17.2. The van der Waals surface area contributed by atoms with Crippen LogP contribution in [0.25, 0.3) is 0 Å². The van der Waals surface area contributed by atoms with Gasteiger partial charge in [0.1, 0.15) is 0 Å². The quantitative estimate of drug-likeness (QED) is 0.431. The van der Waals surface area contributed by atoms with E-state index < -0.39 is 0 Å². The monoisotopic (exact) mass is 326 g/mol. The summed E-state index contributed by atoms with van der Waals surface area (Å²) in [5.74, 6) is 0.889. The second-order valence-corrected chi connectivity index (χ2v) is 7.48. The Balaban J connectivity index is 1.95. The largest absolute Gasteiger partial charge is 0.236 e. The minimum absolute atomic E-state index is 0.279. The van der Waals surface area contributed by atoms with Crippen molar-refractivity contribution < 1.29 is 9.78 Å². The number of hydrogen-bond donors (Lipinski definition) is 0. The second kappa shape index (κ2) is 9.00. The Kier molecular flexibility index (Phi) is 7.01. The fourth-order valence-electron chi connectivity index (χ4n) is 2.76. The molecule has 2 nitrogen and oxygen atoms in total. The van der Waals surface area contributed by atoms with Gasteiger partial charge in [0.15, 0.2) is 0 Å². The Labute approximate surface area is 146 Å². The molecule has 2 aromatic carbocycles. The molecule has 0 bridgehead atoms. The first kappa shape index (κ1) is 18.7. The summed E-state index contributed by atoms with van der Waals surface area (Å²) in [7, 11) is 0. The van der Waals surface area contributed by atoms with E-state index in [9.17, 15) is 0 Å². The zero-order valence-electron chi connectivity index (χ0n) is 15.4. The van der Waals surface area contributed by atoms with Crippen LogP contribution >= 0.6 is 0 Å². The Morgan fingerprint density at radius 2 is 1.33 bits per heavy atom. The Morgan fingerprint density at radius 3 is 1.88 bits per heavy atom. The lowest BCUT2D eigenvalue weighted by molar-refractivity contribution is -0.350. The van der Waals surface area contributed by atoms with Gasteiger partial charge in [-0.15, -0.1) is 0 Å². The van der Waals surface area contributed by atoms with E-state index >= 15 is 0 Å². The van der Waals surface area contributed by atoms with Gasteiger partial charge in [-0.3, -0.25) is 0 Å². The fourth-order valence-corrected chi connectivity index (χ4v) is 2.76. The highest BCUT2D eigenvalue weighted by Gasteiger charge is 2.17. The third-order valence-electron chi connectivity index (χ3n) is 4.17. The van der Waals surface area contributed by atoms with Crippen LogP contribution in [0.5, 0.6) is 0 Å². The van der Waals surface area contributed by atoms with Gasteiger partial charge >= 0.3 is 0 Å². The average molecular weight is 326 g/mol. The zero-order valence-corrected chi connectivity index (χ0v) is 15.4. The SMILES string of the molecule is CC(CCC(COOC(C)(C)C)c1ccccc1)c1ccccc1. The van der Waals surface area contributed by atoms with Gasteiger partial charge in [0.05, 0.1) is 12.2 Å². The van der Waals surface area contributed by atoms with Gasteiger partial charge in [-0.05, 0) is 50.7 Å². The van der Waals surface area contributed by atoms with Crippen LogP contribution in [0.15, 0.2) is 60.7 Å². The van der Waals surface area contributed by atoms with Crippen LogP contribution in [-0.4, -0.2) is 12.2 Å². The molecule has 0 spiro atoms. The molecule has 0 aliphatic heterocycles. The highest BCUT2D eigenvalue weighted by molar-refractivity contribution is 5.21. The maximum absolute atomic E-state index is 5.55. The molecule has 0 radical (unpaired) electrons. The fraction of sp³-hybridized carbons (Fsp3) is 0.455. The summed E-state index contributed by atoms with van der Waals surface area (Å²) in [6, 6.07) is 21.3. The molecule has 2 aromatic rings. The molecule has 0 saturated carbocycles. The Bertz CT molecular complexity index is 572. The van der Waals surface area contributed by atoms with Crippen LogP contribution < -0.4 is 0 Å². The maximum Gasteiger partial charge on any atom is 0.0952 e. The van der Waals surface area contributed by atoms with Crippen molar-refractivity contribution in [2.75, 3.05) is 6.61 Å². The molecule has 2 atom stereocenters. The van der Waals surface area contributed by atoms with Gasteiger partial charge in [0.2, 0.25) is 0 Å². The third-order valence-corrected chi connectivity index (χ3v) is 4.17. The van der Waals surface area contributed by atoms with Crippen molar-refractivity contribution in [3.63, 3.8) is 0 Å². The predicted octanol–water partition coefficient (Wildman–Crippen LogP) is 6.10. The minimum atomic E-state index is -0.279. The lowest BCUT2D eigenvalue weighted by atomic mass is 9.88. The van der Waals surface area contributed by atoms with Gasteiger partial charge in [-0.1, -0.05) is 67.6 Å². The standard InChI is InChI=1S/C22H30O2/c1-18(19-11-7-5-8-12-19)15-16-21(17-23-24-22(2,3)4)20-13-9-6-10-14-20/h5-14,18,21H,15-17H2,1-4H3. The van der Waals surface area contributed by atoms with Crippen molar-refractivity contribution in [2.24, 2.45) is 0 Å². The van der Waals surface area contributed by atoms with Crippen LogP contribution in [0.3, 0.4) is 0 Å². The molecular formula is C22H30O2. The lowest BCUT2D eigenvalue weighted by Gasteiger charge is -2.23. The van der Waals surface area contributed by atoms with E-state index in [-0.39, 0.29) is 5.60 Å². The van der Waals surface area contributed by atoms with E-state index in [0.29, 0.717) is 18.4 Å². The van der Waals surface area contributed by atoms with Crippen molar-refractivity contribution in [1.29, 1.82) is 0 Å². The Hall–Kier alpha value is -1.64. The molecule has 2 rings (SSSR count). The molecule has 2 unspecified atom stereocenters. The van der Waals surface area contributed by atoms with E-state index in [0.717, 1.165) is 12.8 Å². The molecule has 0 aliphatic rings. The van der Waals surface area contributed by atoms with E-state index in [4.69, 9.17) is 9.78 Å². The summed E-state index contributed by atoms with van der Waals surface area (Å²) in [6.45, 7) is 8.89. The third kappa shape index (κ3) is 6.46. The molecule has 130 valence electrons. The number of rotatable bonds is 8. The second-order valence-electron chi connectivity index (χ2n) is 7.48. The first-order valence-electron chi connectivity index (χ1n) is 8.86. The molecule has 2 heteroatoms. The average Bonchev–Trinajstić information content (AvgIpc) is 2.58. The van der Waals surface area contributed by atoms with Crippen molar-refractivity contribution >= 4 is 0 Å². The van der Waals surface area contributed by atoms with Crippen molar-refractivity contribution in [2.45, 2.75) is 58.0 Å². The molecule has 0 amide bonds. The summed E-state index contributed by atoms with van der Waals surface area (Å²) in [6.07, 6.45) is 2.20. The molecule has 24 heavy (non-hydrogen) atoms. The smallest absolute Gasteiger partial charge is 0.0952 e. The summed E-state index contributed by atoms with van der Waals surface area (Å²) in [4.78, 5) is 11.0. The summed E-state index contributed by atoms with van der Waals surface area (Å²) >= 11 is 0. The predicted molar refractivity (Wildman–Crippen MR) is 100 cm³/mol. The molecule has 0 N–H and O–H groups in total. The van der Waals surface area contributed by atoms with Gasteiger partial charge in [-0.2, -0.15) is 0 Å². The van der Waals surface area contributed by atoms with Gasteiger partial charge in [-0.25, -0.2) is 9.78 Å². The minimum Gasteiger partial charge on any atom is -0.236 e. The summed E-state index contributed by atoms with van der Waals surface area (Å²) < 4.78 is 0. The first-order chi connectivity index (χ1) is 11.5. The van der Waals surface area contributed by atoms with Crippen LogP contribution in [-0.2, 0) is 9.78 Å².